The van der Waals surface area contributed by atoms with Crippen LogP contribution in [0.15, 0.2) is 71.9 Å². The van der Waals surface area contributed by atoms with E-state index in [1.54, 1.807) is 24.3 Å². The van der Waals surface area contributed by atoms with Gasteiger partial charge in [0.1, 0.15) is 0 Å². The molecule has 1 aliphatic heterocycles. The number of amides is 1. The van der Waals surface area contributed by atoms with Crippen LogP contribution in [0.25, 0.3) is 17.1 Å². The number of para-hydroxylation sites is 1. The van der Waals surface area contributed by atoms with Crippen molar-refractivity contribution in [3.63, 3.8) is 0 Å². The molecule has 1 N–H and O–H groups in total. The summed E-state index contributed by atoms with van der Waals surface area (Å²) in [5.41, 5.74) is 2.20. The number of hydrogen-bond acceptors (Lipinski definition) is 6. The number of benzene rings is 3. The molecule has 0 saturated heterocycles. The summed E-state index contributed by atoms with van der Waals surface area (Å²) >= 11 is 13.6. The van der Waals surface area contributed by atoms with E-state index in [-0.39, 0.29) is 18.5 Å². The Kier molecular flexibility index (Phi) is 6.13. The van der Waals surface area contributed by atoms with Crippen LogP contribution in [-0.2, 0) is 4.79 Å². The van der Waals surface area contributed by atoms with Crippen molar-refractivity contribution in [3.8, 4) is 28.6 Å². The van der Waals surface area contributed by atoms with Crippen molar-refractivity contribution in [2.45, 2.75) is 5.16 Å². The van der Waals surface area contributed by atoms with E-state index < -0.39 is 0 Å². The lowest BCUT2D eigenvalue weighted by atomic mass is 10.2. The molecular weight excluding hydrogens is 483 g/mol. The molecule has 0 radical (unpaired) electrons. The predicted molar refractivity (Wildman–Crippen MR) is 129 cm³/mol. The number of rotatable bonds is 6. The second kappa shape index (κ2) is 9.35. The number of nitrogens with zero attached hydrogens (tertiary/aromatic N) is 3. The molecule has 0 saturated carbocycles. The highest BCUT2D eigenvalue weighted by atomic mass is 35.5. The lowest BCUT2D eigenvalue weighted by Crippen LogP contribution is -2.15. The van der Waals surface area contributed by atoms with Gasteiger partial charge in [-0.05, 0) is 36.4 Å². The van der Waals surface area contributed by atoms with E-state index >= 15 is 0 Å². The molecule has 5 rings (SSSR count). The molecule has 1 amide bonds. The summed E-state index contributed by atoms with van der Waals surface area (Å²) in [6.07, 6.45) is 0. The van der Waals surface area contributed by atoms with Gasteiger partial charge in [0, 0.05) is 28.4 Å². The molecule has 2 heterocycles. The fourth-order valence-corrected chi connectivity index (χ4v) is 4.37. The molecule has 0 bridgehead atoms. The largest absolute Gasteiger partial charge is 0.454 e. The van der Waals surface area contributed by atoms with Crippen molar-refractivity contribution < 1.29 is 14.3 Å². The third-order valence-electron chi connectivity index (χ3n) is 4.82. The van der Waals surface area contributed by atoms with Crippen molar-refractivity contribution in [2.24, 2.45) is 0 Å². The summed E-state index contributed by atoms with van der Waals surface area (Å²) in [5.74, 6) is 1.61. The Morgan fingerprint density at radius 1 is 1.00 bits per heavy atom. The fourth-order valence-electron chi connectivity index (χ4n) is 3.29. The molecule has 0 fully saturated rings. The molecule has 0 aliphatic carbocycles. The number of thioether (sulfide) groups is 1. The van der Waals surface area contributed by atoms with Crippen molar-refractivity contribution in [2.75, 3.05) is 17.9 Å². The van der Waals surface area contributed by atoms with Crippen LogP contribution in [0.3, 0.4) is 0 Å². The maximum Gasteiger partial charge on any atom is 0.234 e. The molecule has 33 heavy (non-hydrogen) atoms. The fraction of sp³-hybridized carbons (Fsp3) is 0.0870. The van der Waals surface area contributed by atoms with Gasteiger partial charge in [-0.15, -0.1) is 10.2 Å². The highest BCUT2D eigenvalue weighted by Crippen LogP contribution is 2.39. The summed E-state index contributed by atoms with van der Waals surface area (Å²) in [6.45, 7) is 0.129. The number of halogens is 2. The number of carbonyl (C=O) groups excluding carboxylic acids is 1. The number of fused-ring (bicyclic) bond motifs is 1. The van der Waals surface area contributed by atoms with E-state index in [2.05, 4.69) is 15.5 Å². The van der Waals surface area contributed by atoms with E-state index in [0.29, 0.717) is 38.2 Å². The Labute approximate surface area is 203 Å². The maximum atomic E-state index is 12.7. The summed E-state index contributed by atoms with van der Waals surface area (Å²) in [4.78, 5) is 12.7. The van der Waals surface area contributed by atoms with Crippen LogP contribution in [0.5, 0.6) is 11.5 Å². The first-order valence-electron chi connectivity index (χ1n) is 9.87. The second-order valence-corrected chi connectivity index (χ2v) is 8.79. The molecule has 4 aromatic rings. The van der Waals surface area contributed by atoms with E-state index in [1.165, 1.54) is 11.8 Å². The highest BCUT2D eigenvalue weighted by molar-refractivity contribution is 7.99. The van der Waals surface area contributed by atoms with Crippen LogP contribution in [0.4, 0.5) is 5.69 Å². The number of carbonyl (C=O) groups is 1. The first-order chi connectivity index (χ1) is 16.1. The zero-order chi connectivity index (χ0) is 22.8. The molecule has 0 unspecified atom stereocenters. The van der Waals surface area contributed by atoms with Gasteiger partial charge in [0.05, 0.1) is 16.5 Å². The molecule has 1 aliphatic rings. The van der Waals surface area contributed by atoms with Crippen LogP contribution in [-0.4, -0.2) is 33.2 Å². The lowest BCUT2D eigenvalue weighted by Gasteiger charge is -2.11. The standard InChI is InChI=1S/C23H16Cl2N4O3S/c24-15-8-6-14(7-9-15)22-27-28-23(29(22)16-4-2-1-3-5-16)33-12-21(30)26-18-11-20-19(10-17(18)25)31-13-32-20/h1-11H,12-13H2,(H,26,30). The van der Waals surface area contributed by atoms with Crippen molar-refractivity contribution in [1.29, 1.82) is 0 Å². The number of aromatic nitrogens is 3. The minimum Gasteiger partial charge on any atom is -0.454 e. The molecule has 166 valence electrons. The van der Waals surface area contributed by atoms with Crippen LogP contribution in [0.1, 0.15) is 0 Å². The minimum absolute atomic E-state index is 0.107. The van der Waals surface area contributed by atoms with E-state index in [9.17, 15) is 4.79 Å². The number of hydrogen-bond donors (Lipinski definition) is 1. The normalized spacial score (nSPS) is 12.1. The van der Waals surface area contributed by atoms with Crippen LogP contribution >= 0.6 is 35.0 Å². The number of nitrogens with one attached hydrogen (secondary N) is 1. The minimum atomic E-state index is -0.239. The summed E-state index contributed by atoms with van der Waals surface area (Å²) < 4.78 is 12.6. The van der Waals surface area contributed by atoms with Crippen molar-refractivity contribution >= 4 is 46.6 Å². The van der Waals surface area contributed by atoms with Gasteiger partial charge in [-0.1, -0.05) is 53.2 Å². The van der Waals surface area contributed by atoms with Gasteiger partial charge in [0.2, 0.25) is 12.7 Å². The Hall–Kier alpha value is -3.20. The zero-order valence-electron chi connectivity index (χ0n) is 17.0. The molecule has 3 aromatic carbocycles. The molecule has 7 nitrogen and oxygen atoms in total. The van der Waals surface area contributed by atoms with Crippen LogP contribution in [0, 0.1) is 0 Å². The predicted octanol–water partition coefficient (Wildman–Crippen LogP) is 5.70. The number of anilines is 1. The molecule has 10 heteroatoms. The Morgan fingerprint density at radius 2 is 1.73 bits per heavy atom. The SMILES string of the molecule is O=C(CSc1nnc(-c2ccc(Cl)cc2)n1-c1ccccc1)Nc1cc2c(cc1Cl)OCO2. The molecule has 0 atom stereocenters. The maximum absolute atomic E-state index is 12.7. The Morgan fingerprint density at radius 3 is 2.48 bits per heavy atom. The lowest BCUT2D eigenvalue weighted by molar-refractivity contribution is -0.113. The molecule has 1 aromatic heterocycles. The van der Waals surface area contributed by atoms with E-state index in [0.717, 1.165) is 11.3 Å². The first kappa shape index (κ1) is 21.6. The monoisotopic (exact) mass is 498 g/mol. The third kappa shape index (κ3) is 4.64. The summed E-state index contributed by atoms with van der Waals surface area (Å²) in [5, 5.41) is 13.1. The Bertz CT molecular complexity index is 1310. The van der Waals surface area contributed by atoms with Gasteiger partial charge in [-0.2, -0.15) is 0 Å². The van der Waals surface area contributed by atoms with Gasteiger partial charge < -0.3 is 14.8 Å². The summed E-state index contributed by atoms with van der Waals surface area (Å²) in [7, 11) is 0. The zero-order valence-corrected chi connectivity index (χ0v) is 19.3. The van der Waals surface area contributed by atoms with E-state index in [4.69, 9.17) is 32.7 Å². The molecule has 0 spiro atoms. The highest BCUT2D eigenvalue weighted by Gasteiger charge is 2.20. The van der Waals surface area contributed by atoms with Crippen LogP contribution < -0.4 is 14.8 Å². The van der Waals surface area contributed by atoms with E-state index in [1.807, 2.05) is 47.0 Å². The first-order valence-corrected chi connectivity index (χ1v) is 11.6. The van der Waals surface area contributed by atoms with Crippen molar-refractivity contribution in [1.82, 2.24) is 14.8 Å². The van der Waals surface area contributed by atoms with Gasteiger partial charge in [-0.3, -0.25) is 9.36 Å². The third-order valence-corrected chi connectivity index (χ3v) is 6.31. The smallest absolute Gasteiger partial charge is 0.234 e. The van der Waals surface area contributed by atoms with Gasteiger partial charge >= 0.3 is 0 Å². The van der Waals surface area contributed by atoms with Gasteiger partial charge in [-0.25, -0.2) is 0 Å². The summed E-state index contributed by atoms with van der Waals surface area (Å²) in [6, 6.07) is 20.4. The van der Waals surface area contributed by atoms with Gasteiger partial charge in [0.25, 0.3) is 0 Å². The Balaban J connectivity index is 1.37. The topological polar surface area (TPSA) is 78.3 Å². The quantitative estimate of drug-likeness (QED) is 0.343. The van der Waals surface area contributed by atoms with Crippen molar-refractivity contribution in [3.05, 3.63) is 76.8 Å². The average molecular weight is 499 g/mol. The second-order valence-electron chi connectivity index (χ2n) is 7.01. The van der Waals surface area contributed by atoms with Crippen LogP contribution in [0.2, 0.25) is 10.0 Å². The number of ether oxygens (including phenoxy) is 2. The average Bonchev–Trinajstić information content (AvgIpc) is 3.45. The van der Waals surface area contributed by atoms with Gasteiger partial charge in [0.15, 0.2) is 22.5 Å². The molecular formula is C23H16Cl2N4O3S.